The Labute approximate surface area is 129 Å². The molecule has 1 aromatic heterocycles. The molecule has 3 rings (SSSR count). The van der Waals surface area contributed by atoms with Gasteiger partial charge in [0.15, 0.2) is 11.5 Å². The first-order valence-corrected chi connectivity index (χ1v) is 7.02. The minimum Gasteiger partial charge on any atom is -0.395 e. The van der Waals surface area contributed by atoms with Crippen molar-refractivity contribution in [1.82, 2.24) is 10.2 Å². The molecular formula is C13H11Cl2FN4O. The molecule has 0 unspecified atom stereocenters. The number of halogens is 3. The Morgan fingerprint density at radius 1 is 1.38 bits per heavy atom. The molecule has 0 atom stereocenters. The van der Waals surface area contributed by atoms with Gasteiger partial charge in [0.05, 0.1) is 21.4 Å². The maximum atomic E-state index is 13.3. The molecule has 4 N–H and O–H groups in total. The van der Waals surface area contributed by atoms with Crippen LogP contribution in [0.4, 0.5) is 15.8 Å². The molecule has 110 valence electrons. The second-order valence-corrected chi connectivity index (χ2v) is 5.70. The van der Waals surface area contributed by atoms with Crippen LogP contribution in [0.25, 0.3) is 0 Å². The Bertz CT molecular complexity index is 704. The van der Waals surface area contributed by atoms with Crippen LogP contribution in [0, 0.1) is 5.82 Å². The van der Waals surface area contributed by atoms with E-state index in [4.69, 9.17) is 28.9 Å². The van der Waals surface area contributed by atoms with E-state index in [1.807, 2.05) is 0 Å². The number of benzene rings is 1. The van der Waals surface area contributed by atoms with Crippen LogP contribution in [0.3, 0.4) is 0 Å². The number of nitrogens with zero attached hydrogens (tertiary/aromatic N) is 1. The summed E-state index contributed by atoms with van der Waals surface area (Å²) in [5.41, 5.74) is 7.42. The molecule has 1 fully saturated rings. The van der Waals surface area contributed by atoms with Crippen LogP contribution >= 0.6 is 23.2 Å². The van der Waals surface area contributed by atoms with Crippen molar-refractivity contribution in [3.05, 3.63) is 39.4 Å². The number of nitrogens with two attached hydrogens (primary N) is 1. The molecule has 1 saturated carbocycles. The van der Waals surface area contributed by atoms with Gasteiger partial charge in [0.2, 0.25) is 0 Å². The van der Waals surface area contributed by atoms with E-state index >= 15 is 0 Å². The largest absolute Gasteiger partial charge is 0.395 e. The second kappa shape index (κ2) is 5.20. The van der Waals surface area contributed by atoms with Gasteiger partial charge in [0.1, 0.15) is 0 Å². The summed E-state index contributed by atoms with van der Waals surface area (Å²) >= 11 is 11.4. The van der Waals surface area contributed by atoms with Crippen molar-refractivity contribution < 1.29 is 9.18 Å². The first-order valence-electron chi connectivity index (χ1n) is 6.27. The zero-order valence-corrected chi connectivity index (χ0v) is 12.2. The summed E-state index contributed by atoms with van der Waals surface area (Å²) in [6.45, 7) is 0. The summed E-state index contributed by atoms with van der Waals surface area (Å²) in [6.07, 6.45) is 2.08. The highest BCUT2D eigenvalue weighted by molar-refractivity contribution is 6.35. The van der Waals surface area contributed by atoms with Crippen LogP contribution in [0.5, 0.6) is 0 Å². The Hall–Kier alpha value is -1.79. The number of hydrogen-bond acceptors (Lipinski definition) is 3. The van der Waals surface area contributed by atoms with Crippen LogP contribution in [0.1, 0.15) is 34.9 Å². The highest BCUT2D eigenvalue weighted by Gasteiger charge is 2.30. The van der Waals surface area contributed by atoms with Gasteiger partial charge in [-0.2, -0.15) is 5.10 Å². The zero-order chi connectivity index (χ0) is 15.1. The fourth-order valence-electron chi connectivity index (χ4n) is 2.04. The highest BCUT2D eigenvalue weighted by Crippen LogP contribution is 2.42. The lowest BCUT2D eigenvalue weighted by molar-refractivity contribution is 0.102. The van der Waals surface area contributed by atoms with Crippen molar-refractivity contribution in [2.45, 2.75) is 18.8 Å². The highest BCUT2D eigenvalue weighted by atomic mass is 35.5. The van der Waals surface area contributed by atoms with E-state index in [2.05, 4.69) is 15.5 Å². The Balaban J connectivity index is 1.83. The third kappa shape index (κ3) is 2.69. The molecule has 0 radical (unpaired) electrons. The van der Waals surface area contributed by atoms with E-state index in [0.717, 1.165) is 18.5 Å². The second-order valence-electron chi connectivity index (χ2n) is 4.88. The van der Waals surface area contributed by atoms with Crippen molar-refractivity contribution in [3.8, 4) is 0 Å². The number of H-pyrrole nitrogens is 1. The van der Waals surface area contributed by atoms with E-state index in [-0.39, 0.29) is 21.4 Å². The molecule has 1 amide bonds. The number of amides is 1. The fraction of sp³-hybridized carbons (Fsp3) is 0.231. The van der Waals surface area contributed by atoms with Crippen LogP contribution in [-0.2, 0) is 0 Å². The van der Waals surface area contributed by atoms with Crippen molar-refractivity contribution in [2.24, 2.45) is 0 Å². The average Bonchev–Trinajstić information content (AvgIpc) is 3.19. The Kier molecular flexibility index (Phi) is 3.51. The number of nitrogens with one attached hydrogen (secondary N) is 2. The summed E-state index contributed by atoms with van der Waals surface area (Å²) < 4.78 is 13.3. The molecule has 8 heteroatoms. The van der Waals surface area contributed by atoms with Gasteiger partial charge in [-0.3, -0.25) is 9.89 Å². The van der Waals surface area contributed by atoms with E-state index in [1.165, 1.54) is 12.1 Å². The number of carbonyl (C=O) groups excluding carboxylic acids is 1. The van der Waals surface area contributed by atoms with Gasteiger partial charge < -0.3 is 11.1 Å². The number of aromatic nitrogens is 2. The molecule has 5 nitrogen and oxygen atoms in total. The molecular weight excluding hydrogens is 318 g/mol. The van der Waals surface area contributed by atoms with E-state index in [1.54, 1.807) is 0 Å². The van der Waals surface area contributed by atoms with Crippen molar-refractivity contribution in [1.29, 1.82) is 0 Å². The lowest BCUT2D eigenvalue weighted by Gasteiger charge is -2.06. The summed E-state index contributed by atoms with van der Waals surface area (Å²) in [6, 6.07) is 2.54. The molecule has 0 saturated heterocycles. The van der Waals surface area contributed by atoms with Gasteiger partial charge in [-0.15, -0.1) is 0 Å². The average molecular weight is 329 g/mol. The van der Waals surface area contributed by atoms with Gasteiger partial charge in [-0.05, 0) is 25.0 Å². The van der Waals surface area contributed by atoms with Gasteiger partial charge in [0, 0.05) is 11.6 Å². The van der Waals surface area contributed by atoms with E-state index < -0.39 is 11.7 Å². The quantitative estimate of drug-likeness (QED) is 0.753. The summed E-state index contributed by atoms with van der Waals surface area (Å²) in [5, 5.41) is 8.91. The summed E-state index contributed by atoms with van der Waals surface area (Å²) in [5.74, 6) is -0.880. The lowest BCUT2D eigenvalue weighted by atomic mass is 10.2. The number of carbonyl (C=O) groups is 1. The number of aromatic amines is 1. The first-order chi connectivity index (χ1) is 9.97. The number of nitrogen functional groups attached to an aromatic ring is 1. The minimum atomic E-state index is -0.730. The van der Waals surface area contributed by atoms with E-state index in [9.17, 15) is 9.18 Å². The van der Waals surface area contributed by atoms with Gasteiger partial charge >= 0.3 is 0 Å². The van der Waals surface area contributed by atoms with Crippen LogP contribution in [0.15, 0.2) is 12.1 Å². The monoisotopic (exact) mass is 328 g/mol. The molecule has 0 spiro atoms. The molecule has 21 heavy (non-hydrogen) atoms. The molecule has 1 aliphatic rings. The summed E-state index contributed by atoms with van der Waals surface area (Å²) in [4.78, 5) is 12.1. The molecule has 1 aromatic carbocycles. The SMILES string of the molecule is Nc1c(C(=O)Nc2cc(Cl)c(F)c(Cl)c2)n[nH]c1C1CC1. The maximum absolute atomic E-state index is 13.3. The number of anilines is 2. The predicted octanol–water partition coefficient (Wildman–Crippen LogP) is 3.57. The topological polar surface area (TPSA) is 83.8 Å². The molecule has 1 heterocycles. The zero-order valence-electron chi connectivity index (χ0n) is 10.7. The third-order valence-corrected chi connectivity index (χ3v) is 3.83. The van der Waals surface area contributed by atoms with Crippen LogP contribution in [0.2, 0.25) is 10.0 Å². The van der Waals surface area contributed by atoms with Crippen molar-refractivity contribution in [2.75, 3.05) is 11.1 Å². The first kappa shape index (κ1) is 14.2. The number of rotatable bonds is 3. The molecule has 0 bridgehead atoms. The molecule has 2 aromatic rings. The van der Waals surface area contributed by atoms with E-state index in [0.29, 0.717) is 11.6 Å². The van der Waals surface area contributed by atoms with Gasteiger partial charge in [0.25, 0.3) is 5.91 Å². The Morgan fingerprint density at radius 2 is 2.00 bits per heavy atom. The smallest absolute Gasteiger partial charge is 0.278 e. The Morgan fingerprint density at radius 3 is 2.57 bits per heavy atom. The maximum Gasteiger partial charge on any atom is 0.278 e. The minimum absolute atomic E-state index is 0.105. The van der Waals surface area contributed by atoms with Crippen molar-refractivity contribution >= 4 is 40.5 Å². The van der Waals surface area contributed by atoms with Crippen LogP contribution < -0.4 is 11.1 Å². The predicted molar refractivity (Wildman–Crippen MR) is 79.3 cm³/mol. The molecule has 0 aliphatic heterocycles. The van der Waals surface area contributed by atoms with Crippen LogP contribution in [-0.4, -0.2) is 16.1 Å². The van der Waals surface area contributed by atoms with Gasteiger partial charge in [-0.25, -0.2) is 4.39 Å². The lowest BCUT2D eigenvalue weighted by Crippen LogP contribution is -2.14. The number of hydrogen-bond donors (Lipinski definition) is 3. The fourth-order valence-corrected chi connectivity index (χ4v) is 2.53. The normalized spacial score (nSPS) is 14.2. The third-order valence-electron chi connectivity index (χ3n) is 3.28. The summed E-state index contributed by atoms with van der Waals surface area (Å²) in [7, 11) is 0. The molecule has 1 aliphatic carbocycles. The van der Waals surface area contributed by atoms with Gasteiger partial charge in [-0.1, -0.05) is 23.2 Å². The standard InChI is InChI=1S/C13H11Cl2FN4O/c14-7-3-6(4-8(15)9(7)16)18-13(21)12-10(17)11(19-20-12)5-1-2-5/h3-5H,1-2,17H2,(H,18,21)(H,19,20). The van der Waals surface area contributed by atoms with Crippen molar-refractivity contribution in [3.63, 3.8) is 0 Å².